The van der Waals surface area contributed by atoms with Crippen LogP contribution >= 0.6 is 0 Å². The number of aromatic nitrogens is 2. The van der Waals surface area contributed by atoms with Gasteiger partial charge in [0.25, 0.3) is 10.0 Å². The van der Waals surface area contributed by atoms with Crippen LogP contribution in [0.4, 0.5) is 0 Å². The lowest BCUT2D eigenvalue weighted by Crippen LogP contribution is -2.50. The predicted molar refractivity (Wildman–Crippen MR) is 68.2 cm³/mol. The fourth-order valence-electron chi connectivity index (χ4n) is 2.14. The zero-order valence-corrected chi connectivity index (χ0v) is 11.9. The molecule has 0 amide bonds. The number of aryl methyl sites for hydroxylation is 2. The second-order valence-corrected chi connectivity index (χ2v) is 6.28. The maximum atomic E-state index is 12.5. The summed E-state index contributed by atoms with van der Waals surface area (Å²) in [6.07, 6.45) is 1.54. The summed E-state index contributed by atoms with van der Waals surface area (Å²) in [5.74, 6) is 0.662. The number of aliphatic hydroxyl groups excluding tert-OH is 1. The second-order valence-electron chi connectivity index (χ2n) is 4.44. The average Bonchev–Trinajstić information content (AvgIpc) is 2.80. The summed E-state index contributed by atoms with van der Waals surface area (Å²) in [6.45, 7) is 4.90. The Morgan fingerprint density at radius 2 is 2.32 bits per heavy atom. The molecule has 0 saturated carbocycles. The summed E-state index contributed by atoms with van der Waals surface area (Å²) < 4.78 is 33.3. The molecule has 0 spiro atoms. The van der Waals surface area contributed by atoms with Crippen LogP contribution in [0, 0.1) is 6.92 Å². The van der Waals surface area contributed by atoms with Crippen LogP contribution in [-0.2, 0) is 21.3 Å². The van der Waals surface area contributed by atoms with Gasteiger partial charge in [0.1, 0.15) is 5.82 Å². The van der Waals surface area contributed by atoms with E-state index in [1.54, 1.807) is 11.5 Å². The molecular formula is C11H19N3O4S. The quantitative estimate of drug-likeness (QED) is 0.815. The maximum Gasteiger partial charge on any atom is 0.262 e. The highest BCUT2D eigenvalue weighted by atomic mass is 32.2. The van der Waals surface area contributed by atoms with E-state index in [0.717, 1.165) is 0 Å². The Morgan fingerprint density at radius 3 is 2.89 bits per heavy atom. The van der Waals surface area contributed by atoms with Gasteiger partial charge in [-0.1, -0.05) is 0 Å². The molecule has 8 heteroatoms. The monoisotopic (exact) mass is 289 g/mol. The van der Waals surface area contributed by atoms with Gasteiger partial charge in [-0.05, 0) is 13.8 Å². The molecule has 1 N–H and O–H groups in total. The first-order valence-corrected chi connectivity index (χ1v) is 7.69. The third-order valence-corrected chi connectivity index (χ3v) is 5.08. The minimum atomic E-state index is -3.67. The van der Waals surface area contributed by atoms with Gasteiger partial charge in [0, 0.05) is 19.3 Å². The van der Waals surface area contributed by atoms with Crippen LogP contribution in [0.5, 0.6) is 0 Å². The number of nitrogens with zero attached hydrogens (tertiary/aromatic N) is 3. The smallest absolute Gasteiger partial charge is 0.262 e. The van der Waals surface area contributed by atoms with Crippen molar-refractivity contribution in [3.05, 3.63) is 12.0 Å². The summed E-state index contributed by atoms with van der Waals surface area (Å²) in [5.41, 5.74) is 0. The van der Waals surface area contributed by atoms with Gasteiger partial charge in [0.15, 0.2) is 5.03 Å². The molecule has 2 rings (SSSR count). The van der Waals surface area contributed by atoms with E-state index in [4.69, 9.17) is 4.74 Å². The van der Waals surface area contributed by atoms with Gasteiger partial charge in [0.05, 0.1) is 25.9 Å². The van der Waals surface area contributed by atoms with Crippen molar-refractivity contribution in [2.75, 3.05) is 26.4 Å². The van der Waals surface area contributed by atoms with Gasteiger partial charge in [-0.15, -0.1) is 0 Å². The minimum absolute atomic E-state index is 0.0344. The first kappa shape index (κ1) is 14.4. The molecule has 108 valence electrons. The highest BCUT2D eigenvalue weighted by molar-refractivity contribution is 7.89. The number of sulfonamides is 1. The Balaban J connectivity index is 2.34. The lowest BCUT2D eigenvalue weighted by Gasteiger charge is -2.32. The highest BCUT2D eigenvalue weighted by Gasteiger charge is 2.35. The Kier molecular flexibility index (Phi) is 4.24. The molecular weight excluding hydrogens is 270 g/mol. The third kappa shape index (κ3) is 2.66. The van der Waals surface area contributed by atoms with E-state index < -0.39 is 16.1 Å². The number of ether oxygens (including phenoxy) is 1. The Labute approximate surface area is 112 Å². The Hall–Kier alpha value is -0.960. The van der Waals surface area contributed by atoms with Crippen molar-refractivity contribution in [1.82, 2.24) is 13.9 Å². The molecule has 7 nitrogen and oxygen atoms in total. The molecule has 1 fully saturated rings. The van der Waals surface area contributed by atoms with Crippen molar-refractivity contribution >= 4 is 10.0 Å². The Bertz CT molecular complexity index is 540. The third-order valence-electron chi connectivity index (χ3n) is 3.25. The van der Waals surface area contributed by atoms with Crippen LogP contribution in [0.15, 0.2) is 11.2 Å². The molecule has 0 aromatic carbocycles. The van der Waals surface area contributed by atoms with Gasteiger partial charge < -0.3 is 14.4 Å². The number of imidazole rings is 1. The van der Waals surface area contributed by atoms with Crippen LogP contribution in [0.25, 0.3) is 0 Å². The summed E-state index contributed by atoms with van der Waals surface area (Å²) in [7, 11) is -3.67. The fraction of sp³-hybridized carbons (Fsp3) is 0.727. The normalized spacial score (nSPS) is 21.7. The molecule has 1 unspecified atom stereocenters. The minimum Gasteiger partial charge on any atom is -0.395 e. The molecule has 1 aromatic heterocycles. The van der Waals surface area contributed by atoms with Crippen molar-refractivity contribution < 1.29 is 18.3 Å². The molecule has 1 aliphatic heterocycles. The largest absolute Gasteiger partial charge is 0.395 e. The van der Waals surface area contributed by atoms with Gasteiger partial charge in [-0.25, -0.2) is 13.4 Å². The molecule has 2 heterocycles. The molecule has 1 saturated heterocycles. The standard InChI is InChI=1S/C11H19N3O4S/c1-3-13-6-11(12-9(13)2)19(16,17)14-4-5-18-8-10(14)7-15/h6,10,15H,3-5,7-8H2,1-2H3. The second kappa shape index (κ2) is 5.58. The molecule has 0 radical (unpaired) electrons. The molecule has 19 heavy (non-hydrogen) atoms. The van der Waals surface area contributed by atoms with Gasteiger partial charge in [-0.3, -0.25) is 0 Å². The molecule has 1 aliphatic rings. The maximum absolute atomic E-state index is 12.5. The fourth-order valence-corrected chi connectivity index (χ4v) is 3.73. The topological polar surface area (TPSA) is 84.7 Å². The first-order valence-electron chi connectivity index (χ1n) is 6.25. The zero-order chi connectivity index (χ0) is 14.0. The van der Waals surface area contributed by atoms with Crippen LogP contribution in [0.1, 0.15) is 12.7 Å². The van der Waals surface area contributed by atoms with Crippen LogP contribution in [0.2, 0.25) is 0 Å². The van der Waals surface area contributed by atoms with E-state index in [1.807, 2.05) is 6.92 Å². The summed E-state index contributed by atoms with van der Waals surface area (Å²) >= 11 is 0. The van der Waals surface area contributed by atoms with Crippen molar-refractivity contribution in [2.45, 2.75) is 31.5 Å². The summed E-state index contributed by atoms with van der Waals surface area (Å²) in [6, 6.07) is -0.536. The molecule has 0 bridgehead atoms. The number of hydrogen-bond donors (Lipinski definition) is 1. The van der Waals surface area contributed by atoms with Gasteiger partial charge >= 0.3 is 0 Å². The number of aliphatic hydroxyl groups is 1. The SMILES string of the molecule is CCn1cc(S(=O)(=O)N2CCOCC2CO)nc1C. The zero-order valence-electron chi connectivity index (χ0n) is 11.1. The Morgan fingerprint density at radius 1 is 1.58 bits per heavy atom. The lowest BCUT2D eigenvalue weighted by molar-refractivity contribution is 0.0108. The van der Waals surface area contributed by atoms with E-state index in [-0.39, 0.29) is 24.8 Å². The van der Waals surface area contributed by atoms with E-state index in [0.29, 0.717) is 19.0 Å². The number of hydrogen-bond acceptors (Lipinski definition) is 5. The molecule has 1 aromatic rings. The van der Waals surface area contributed by atoms with E-state index >= 15 is 0 Å². The number of rotatable bonds is 4. The first-order chi connectivity index (χ1) is 9.00. The highest BCUT2D eigenvalue weighted by Crippen LogP contribution is 2.20. The van der Waals surface area contributed by atoms with Crippen molar-refractivity contribution in [3.8, 4) is 0 Å². The van der Waals surface area contributed by atoms with Crippen molar-refractivity contribution in [1.29, 1.82) is 0 Å². The van der Waals surface area contributed by atoms with Gasteiger partial charge in [0.2, 0.25) is 0 Å². The summed E-state index contributed by atoms with van der Waals surface area (Å²) in [5, 5.41) is 9.30. The molecule has 1 atom stereocenters. The molecule has 0 aliphatic carbocycles. The average molecular weight is 289 g/mol. The van der Waals surface area contributed by atoms with Crippen molar-refractivity contribution in [2.24, 2.45) is 0 Å². The number of morpholine rings is 1. The van der Waals surface area contributed by atoms with Gasteiger partial charge in [-0.2, -0.15) is 4.31 Å². The summed E-state index contributed by atoms with van der Waals surface area (Å²) in [4.78, 5) is 4.11. The lowest BCUT2D eigenvalue weighted by atomic mass is 10.3. The van der Waals surface area contributed by atoms with E-state index in [2.05, 4.69) is 4.98 Å². The van der Waals surface area contributed by atoms with E-state index in [9.17, 15) is 13.5 Å². The van der Waals surface area contributed by atoms with Crippen LogP contribution in [0.3, 0.4) is 0 Å². The van der Waals surface area contributed by atoms with Crippen molar-refractivity contribution in [3.63, 3.8) is 0 Å². The predicted octanol–water partition coefficient (Wildman–Crippen LogP) is -0.407. The van der Waals surface area contributed by atoms with Crippen LogP contribution < -0.4 is 0 Å². The van der Waals surface area contributed by atoms with Crippen LogP contribution in [-0.4, -0.2) is 59.8 Å². The van der Waals surface area contributed by atoms with E-state index in [1.165, 1.54) is 10.5 Å².